The van der Waals surface area contributed by atoms with Gasteiger partial charge in [-0.3, -0.25) is 4.90 Å². The highest BCUT2D eigenvalue weighted by molar-refractivity contribution is 7.91. The Bertz CT molecular complexity index is 949. The first-order valence-electron chi connectivity index (χ1n) is 10.1. The Labute approximate surface area is 172 Å². The maximum Gasteiger partial charge on any atom is 0.227 e. The van der Waals surface area contributed by atoms with Crippen LogP contribution in [0.5, 0.6) is 0 Å². The molecule has 1 aliphatic carbocycles. The van der Waals surface area contributed by atoms with Crippen LogP contribution in [0.1, 0.15) is 37.1 Å². The Morgan fingerprint density at radius 3 is 2.83 bits per heavy atom. The van der Waals surface area contributed by atoms with Crippen molar-refractivity contribution < 1.29 is 17.6 Å². The zero-order valence-corrected chi connectivity index (χ0v) is 17.3. The second-order valence-corrected chi connectivity index (χ2v) is 9.86. The fourth-order valence-electron chi connectivity index (χ4n) is 3.77. The molecule has 0 amide bonds. The zero-order valence-electron chi connectivity index (χ0n) is 16.5. The molecular formula is C21H27N3O4S. The number of imidazole rings is 1. The van der Waals surface area contributed by atoms with Crippen LogP contribution < -0.4 is 0 Å². The van der Waals surface area contributed by atoms with Gasteiger partial charge in [0, 0.05) is 13.2 Å². The molecule has 1 unspecified atom stereocenters. The Balaban J connectivity index is 1.59. The highest BCUT2D eigenvalue weighted by Gasteiger charge is 2.33. The Kier molecular flexibility index (Phi) is 6.09. The highest BCUT2D eigenvalue weighted by Crippen LogP contribution is 2.32. The standard InChI is InChI=1S/C21H27N3O4S/c1-2-9-23(14-19-5-3-10-27-19)13-18-12-22-21(29(25,26)16-17-7-8-17)24(18)15-20-6-4-11-28-20/h1,3,5,10,12,17,20H,4,6-9,11,13-16H2. The summed E-state index contributed by atoms with van der Waals surface area (Å²) in [4.78, 5) is 6.38. The first-order valence-corrected chi connectivity index (χ1v) is 11.8. The Morgan fingerprint density at radius 2 is 2.17 bits per heavy atom. The largest absolute Gasteiger partial charge is 0.468 e. The fraction of sp³-hybridized carbons (Fsp3) is 0.571. The van der Waals surface area contributed by atoms with Gasteiger partial charge in [0.05, 0.1) is 49.6 Å². The molecule has 2 aromatic heterocycles. The summed E-state index contributed by atoms with van der Waals surface area (Å²) in [7, 11) is -3.43. The van der Waals surface area contributed by atoms with E-state index < -0.39 is 9.84 Å². The number of furan rings is 1. The first-order chi connectivity index (χ1) is 14.0. The quantitative estimate of drug-likeness (QED) is 0.553. The molecule has 1 saturated heterocycles. The van der Waals surface area contributed by atoms with Crippen molar-refractivity contribution in [2.75, 3.05) is 18.9 Å². The van der Waals surface area contributed by atoms with Gasteiger partial charge in [-0.1, -0.05) is 5.92 Å². The Hall–Kier alpha value is -2.08. The van der Waals surface area contributed by atoms with E-state index in [4.69, 9.17) is 15.6 Å². The number of hydrogen-bond donors (Lipinski definition) is 0. The lowest BCUT2D eigenvalue weighted by Gasteiger charge is -2.21. The van der Waals surface area contributed by atoms with Crippen molar-refractivity contribution >= 4 is 9.84 Å². The van der Waals surface area contributed by atoms with Crippen LogP contribution in [0.25, 0.3) is 0 Å². The molecule has 0 spiro atoms. The second kappa shape index (κ2) is 8.74. The molecule has 1 aliphatic heterocycles. The minimum atomic E-state index is -3.43. The third kappa shape index (κ3) is 5.10. The van der Waals surface area contributed by atoms with Gasteiger partial charge in [-0.2, -0.15) is 0 Å². The van der Waals surface area contributed by atoms with E-state index in [2.05, 4.69) is 10.9 Å². The molecule has 2 aromatic rings. The normalized spacial score (nSPS) is 19.7. The van der Waals surface area contributed by atoms with Gasteiger partial charge < -0.3 is 13.7 Å². The molecule has 8 heteroatoms. The average Bonchev–Trinajstić information content (AvgIpc) is 3.11. The van der Waals surface area contributed by atoms with E-state index in [1.165, 1.54) is 0 Å². The van der Waals surface area contributed by atoms with E-state index >= 15 is 0 Å². The van der Waals surface area contributed by atoms with Crippen molar-refractivity contribution in [1.82, 2.24) is 14.5 Å². The van der Waals surface area contributed by atoms with Crippen molar-refractivity contribution in [3.63, 3.8) is 0 Å². The van der Waals surface area contributed by atoms with Gasteiger partial charge in [-0.15, -0.1) is 6.42 Å². The molecule has 156 valence electrons. The molecule has 0 bridgehead atoms. The fourth-order valence-corrected chi connectivity index (χ4v) is 5.62. The maximum atomic E-state index is 13.0. The monoisotopic (exact) mass is 417 g/mol. The molecular weight excluding hydrogens is 390 g/mol. The van der Waals surface area contributed by atoms with Gasteiger partial charge in [0.25, 0.3) is 0 Å². The van der Waals surface area contributed by atoms with Gasteiger partial charge in [0.15, 0.2) is 0 Å². The predicted molar refractivity (Wildman–Crippen MR) is 108 cm³/mol. The third-order valence-electron chi connectivity index (χ3n) is 5.40. The van der Waals surface area contributed by atoms with Crippen molar-refractivity contribution in [3.8, 4) is 12.3 Å². The Morgan fingerprint density at radius 1 is 1.31 bits per heavy atom. The highest BCUT2D eigenvalue weighted by atomic mass is 32.2. The van der Waals surface area contributed by atoms with Crippen LogP contribution in [0.4, 0.5) is 0 Å². The van der Waals surface area contributed by atoms with E-state index in [9.17, 15) is 8.42 Å². The van der Waals surface area contributed by atoms with Crippen molar-refractivity contribution in [2.24, 2.45) is 5.92 Å². The summed E-state index contributed by atoms with van der Waals surface area (Å²) in [5.41, 5.74) is 0.830. The second-order valence-electron chi connectivity index (χ2n) is 7.93. The van der Waals surface area contributed by atoms with Crippen LogP contribution in [-0.4, -0.2) is 47.9 Å². The lowest BCUT2D eigenvalue weighted by Crippen LogP contribution is -2.27. The van der Waals surface area contributed by atoms with Gasteiger partial charge in [-0.05, 0) is 43.7 Å². The molecule has 2 aliphatic rings. The number of sulfone groups is 1. The summed E-state index contributed by atoms with van der Waals surface area (Å²) in [6.07, 6.45) is 12.8. The summed E-state index contributed by atoms with van der Waals surface area (Å²) >= 11 is 0. The molecule has 1 atom stereocenters. The third-order valence-corrected chi connectivity index (χ3v) is 7.19. The summed E-state index contributed by atoms with van der Waals surface area (Å²) in [6, 6.07) is 3.74. The van der Waals surface area contributed by atoms with Crippen LogP contribution >= 0.6 is 0 Å². The van der Waals surface area contributed by atoms with Crippen LogP contribution in [0, 0.1) is 18.3 Å². The van der Waals surface area contributed by atoms with Gasteiger partial charge in [-0.25, -0.2) is 13.4 Å². The van der Waals surface area contributed by atoms with Crippen LogP contribution in [-0.2, 0) is 34.2 Å². The predicted octanol–water partition coefficient (Wildman–Crippen LogP) is 2.47. The number of nitrogens with zero attached hydrogens (tertiary/aromatic N) is 3. The van der Waals surface area contributed by atoms with Crippen LogP contribution in [0.15, 0.2) is 34.2 Å². The minimum absolute atomic E-state index is 0.0176. The average molecular weight is 418 g/mol. The van der Waals surface area contributed by atoms with E-state index in [1.54, 1.807) is 12.5 Å². The minimum Gasteiger partial charge on any atom is -0.468 e. The number of hydrogen-bond acceptors (Lipinski definition) is 6. The van der Waals surface area contributed by atoms with E-state index in [-0.39, 0.29) is 22.9 Å². The number of ether oxygens (including phenoxy) is 1. The molecule has 2 fully saturated rings. The molecule has 4 rings (SSSR count). The van der Waals surface area contributed by atoms with E-state index in [0.29, 0.717) is 26.2 Å². The van der Waals surface area contributed by atoms with Gasteiger partial charge in [0.2, 0.25) is 15.0 Å². The molecule has 29 heavy (non-hydrogen) atoms. The zero-order chi connectivity index (χ0) is 20.3. The van der Waals surface area contributed by atoms with Crippen molar-refractivity contribution in [2.45, 2.75) is 56.6 Å². The molecule has 0 radical (unpaired) electrons. The van der Waals surface area contributed by atoms with E-state index in [1.807, 2.05) is 21.6 Å². The van der Waals surface area contributed by atoms with Crippen molar-refractivity contribution in [1.29, 1.82) is 0 Å². The van der Waals surface area contributed by atoms with Gasteiger partial charge >= 0.3 is 0 Å². The number of terminal acetylenes is 1. The van der Waals surface area contributed by atoms with Crippen LogP contribution in [0.2, 0.25) is 0 Å². The molecule has 0 N–H and O–H groups in total. The molecule has 1 saturated carbocycles. The molecule has 3 heterocycles. The summed E-state index contributed by atoms with van der Waals surface area (Å²) in [6.45, 7) is 2.69. The van der Waals surface area contributed by atoms with Crippen LogP contribution in [0.3, 0.4) is 0 Å². The molecule has 0 aromatic carbocycles. The van der Waals surface area contributed by atoms with Gasteiger partial charge in [0.1, 0.15) is 5.76 Å². The number of aromatic nitrogens is 2. The first kappa shape index (κ1) is 20.2. The smallest absolute Gasteiger partial charge is 0.227 e. The molecule has 7 nitrogen and oxygen atoms in total. The number of rotatable bonds is 10. The van der Waals surface area contributed by atoms with E-state index in [0.717, 1.165) is 43.7 Å². The lowest BCUT2D eigenvalue weighted by molar-refractivity contribution is 0.0932. The summed E-state index contributed by atoms with van der Waals surface area (Å²) < 4.78 is 39.0. The van der Waals surface area contributed by atoms with Crippen molar-refractivity contribution in [3.05, 3.63) is 36.0 Å². The topological polar surface area (TPSA) is 77.6 Å². The SMILES string of the molecule is C#CCN(Cc1ccco1)Cc1cnc(S(=O)(=O)CC2CC2)n1CC1CCCO1. The lowest BCUT2D eigenvalue weighted by atomic mass is 10.2. The summed E-state index contributed by atoms with van der Waals surface area (Å²) in [5, 5.41) is 0.161. The maximum absolute atomic E-state index is 13.0. The summed E-state index contributed by atoms with van der Waals surface area (Å²) in [5.74, 6) is 3.94.